The maximum absolute atomic E-state index is 11.0. The van der Waals surface area contributed by atoms with Gasteiger partial charge in [-0.3, -0.25) is 0 Å². The Labute approximate surface area is 148 Å². The third kappa shape index (κ3) is 2.09. The van der Waals surface area contributed by atoms with Gasteiger partial charge in [0.05, 0.1) is 13.2 Å². The predicted molar refractivity (Wildman–Crippen MR) is 94.4 cm³/mol. The van der Waals surface area contributed by atoms with Gasteiger partial charge < -0.3 is 20.1 Å². The number of rotatable bonds is 1. The SMILES string of the molecule is C#C[C@]1(O)CC[C@H]2[C@@H]3CCc4cc(O)c(OC)cc4[C@H]3[C@@H](O)C[C@@]21C. The van der Waals surface area contributed by atoms with Crippen LogP contribution in [0.25, 0.3) is 0 Å². The highest BCUT2D eigenvalue weighted by molar-refractivity contribution is 5.50. The third-order valence-electron chi connectivity index (χ3n) is 7.39. The molecule has 0 saturated heterocycles. The van der Waals surface area contributed by atoms with Crippen molar-refractivity contribution in [2.24, 2.45) is 17.3 Å². The number of terminal acetylenes is 1. The minimum Gasteiger partial charge on any atom is -0.504 e. The summed E-state index contributed by atoms with van der Waals surface area (Å²) < 4.78 is 5.28. The molecule has 4 rings (SSSR count). The number of phenolic OH excluding ortho intramolecular Hbond substituents is 1. The molecule has 3 aliphatic rings. The van der Waals surface area contributed by atoms with Crippen molar-refractivity contribution >= 4 is 0 Å². The van der Waals surface area contributed by atoms with Gasteiger partial charge in [-0.25, -0.2) is 0 Å². The van der Waals surface area contributed by atoms with Crippen molar-refractivity contribution in [1.29, 1.82) is 0 Å². The van der Waals surface area contributed by atoms with Gasteiger partial charge in [0, 0.05) is 11.3 Å². The molecule has 0 spiro atoms. The molecule has 0 unspecified atom stereocenters. The normalized spacial score (nSPS) is 42.0. The molecule has 2 fully saturated rings. The zero-order chi connectivity index (χ0) is 18.0. The van der Waals surface area contributed by atoms with Crippen molar-refractivity contribution in [3.05, 3.63) is 23.3 Å². The molecule has 1 aromatic carbocycles. The Bertz CT molecular complexity index is 751. The molecule has 3 aliphatic carbocycles. The second-order valence-electron chi connectivity index (χ2n) is 8.29. The molecule has 0 bridgehead atoms. The lowest BCUT2D eigenvalue weighted by Crippen LogP contribution is -2.54. The lowest BCUT2D eigenvalue weighted by atomic mass is 9.52. The Morgan fingerprint density at radius 3 is 2.76 bits per heavy atom. The number of hydrogen-bond acceptors (Lipinski definition) is 4. The number of aliphatic hydroxyl groups excluding tert-OH is 1. The van der Waals surface area contributed by atoms with E-state index < -0.39 is 17.1 Å². The van der Waals surface area contributed by atoms with E-state index in [0.29, 0.717) is 24.5 Å². The number of phenols is 1. The molecule has 134 valence electrons. The summed E-state index contributed by atoms with van der Waals surface area (Å²) in [5.41, 5.74) is 0.598. The second kappa shape index (κ2) is 5.40. The topological polar surface area (TPSA) is 69.9 Å². The van der Waals surface area contributed by atoms with Crippen LogP contribution in [-0.4, -0.2) is 34.1 Å². The minimum absolute atomic E-state index is 0.0106. The fourth-order valence-electron chi connectivity index (χ4n) is 6.07. The van der Waals surface area contributed by atoms with Gasteiger partial charge in [0.2, 0.25) is 0 Å². The van der Waals surface area contributed by atoms with Gasteiger partial charge >= 0.3 is 0 Å². The Morgan fingerprint density at radius 2 is 2.08 bits per heavy atom. The Balaban J connectivity index is 1.78. The summed E-state index contributed by atoms with van der Waals surface area (Å²) in [7, 11) is 1.54. The van der Waals surface area contributed by atoms with Crippen molar-refractivity contribution < 1.29 is 20.1 Å². The van der Waals surface area contributed by atoms with Crippen LogP contribution in [0.5, 0.6) is 11.5 Å². The van der Waals surface area contributed by atoms with Crippen LogP contribution in [0.1, 0.15) is 49.7 Å². The third-order valence-corrected chi connectivity index (χ3v) is 7.39. The molecule has 4 heteroatoms. The molecule has 2 saturated carbocycles. The van der Waals surface area contributed by atoms with E-state index in [1.54, 1.807) is 13.2 Å². The Morgan fingerprint density at radius 1 is 1.32 bits per heavy atom. The molecule has 1 aromatic rings. The fraction of sp³-hybridized carbons (Fsp3) is 0.619. The standard InChI is InChI=1S/C21H26O4/c1-4-21(24)8-7-15-13-6-5-12-9-16(22)18(25-3)10-14(12)19(13)17(23)11-20(15,21)2/h1,9-10,13,15,17,19,22-24H,5-8,11H2,2-3H3/t13-,15-,17-,19-,20-,21-/m0/s1. The van der Waals surface area contributed by atoms with Crippen LogP contribution in [0.2, 0.25) is 0 Å². The minimum atomic E-state index is -1.13. The summed E-state index contributed by atoms with van der Waals surface area (Å²) in [5, 5.41) is 32.1. The first-order chi connectivity index (χ1) is 11.8. The number of aromatic hydroxyl groups is 1. The number of fused-ring (bicyclic) bond motifs is 5. The first-order valence-corrected chi connectivity index (χ1v) is 9.12. The van der Waals surface area contributed by atoms with Gasteiger partial charge in [0.1, 0.15) is 5.60 Å². The fourth-order valence-corrected chi connectivity index (χ4v) is 6.07. The molecular formula is C21H26O4. The van der Waals surface area contributed by atoms with Crippen LogP contribution in [0.15, 0.2) is 12.1 Å². The highest BCUT2D eigenvalue weighted by Crippen LogP contribution is 2.64. The van der Waals surface area contributed by atoms with Gasteiger partial charge in [-0.05, 0) is 67.2 Å². The van der Waals surface area contributed by atoms with Crippen molar-refractivity contribution in [1.82, 2.24) is 0 Å². The maximum Gasteiger partial charge on any atom is 0.160 e. The van der Waals surface area contributed by atoms with Crippen LogP contribution < -0.4 is 4.74 Å². The average molecular weight is 342 g/mol. The summed E-state index contributed by atoms with van der Waals surface area (Å²) in [5.74, 6) is 3.83. The molecule has 3 N–H and O–H groups in total. The van der Waals surface area contributed by atoms with Crippen LogP contribution in [0, 0.1) is 29.6 Å². The van der Waals surface area contributed by atoms with Crippen LogP contribution in [0.3, 0.4) is 0 Å². The van der Waals surface area contributed by atoms with E-state index in [4.69, 9.17) is 11.2 Å². The average Bonchev–Trinajstić information content (AvgIpc) is 2.85. The monoisotopic (exact) mass is 342 g/mol. The van der Waals surface area contributed by atoms with Crippen LogP contribution >= 0.6 is 0 Å². The smallest absolute Gasteiger partial charge is 0.160 e. The van der Waals surface area contributed by atoms with E-state index in [2.05, 4.69) is 12.8 Å². The summed E-state index contributed by atoms with van der Waals surface area (Å²) in [6.45, 7) is 2.05. The highest BCUT2D eigenvalue weighted by atomic mass is 16.5. The van der Waals surface area contributed by atoms with Gasteiger partial charge in [0.15, 0.2) is 11.5 Å². The lowest BCUT2D eigenvalue weighted by Gasteiger charge is -2.54. The number of methoxy groups -OCH3 is 1. The molecule has 0 radical (unpaired) electrons. The second-order valence-corrected chi connectivity index (χ2v) is 8.29. The van der Waals surface area contributed by atoms with E-state index >= 15 is 0 Å². The molecule has 25 heavy (non-hydrogen) atoms. The Hall–Kier alpha value is -1.70. The van der Waals surface area contributed by atoms with Gasteiger partial charge in [-0.1, -0.05) is 12.8 Å². The van der Waals surface area contributed by atoms with Crippen LogP contribution in [0.4, 0.5) is 0 Å². The van der Waals surface area contributed by atoms with E-state index in [-0.39, 0.29) is 17.6 Å². The quantitative estimate of drug-likeness (QED) is 0.686. The van der Waals surface area contributed by atoms with E-state index in [1.165, 1.54) is 0 Å². The molecule has 0 heterocycles. The summed E-state index contributed by atoms with van der Waals surface area (Å²) in [4.78, 5) is 0. The number of hydrogen-bond donors (Lipinski definition) is 3. The largest absolute Gasteiger partial charge is 0.504 e. The Kier molecular flexibility index (Phi) is 3.62. The molecular weight excluding hydrogens is 316 g/mol. The van der Waals surface area contributed by atoms with Gasteiger partial charge in [-0.2, -0.15) is 0 Å². The van der Waals surface area contributed by atoms with E-state index in [9.17, 15) is 15.3 Å². The van der Waals surface area contributed by atoms with Gasteiger partial charge in [0.25, 0.3) is 0 Å². The van der Waals surface area contributed by atoms with E-state index in [1.807, 2.05) is 6.07 Å². The molecule has 0 aromatic heterocycles. The van der Waals surface area contributed by atoms with Crippen molar-refractivity contribution in [3.63, 3.8) is 0 Å². The molecule has 0 aliphatic heterocycles. The van der Waals surface area contributed by atoms with Gasteiger partial charge in [-0.15, -0.1) is 6.42 Å². The number of ether oxygens (including phenoxy) is 1. The highest BCUT2D eigenvalue weighted by Gasteiger charge is 2.63. The number of aryl methyl sites for hydroxylation is 1. The molecule has 6 atom stereocenters. The summed E-state index contributed by atoms with van der Waals surface area (Å²) >= 11 is 0. The maximum atomic E-state index is 11.0. The molecule has 4 nitrogen and oxygen atoms in total. The first kappa shape index (κ1) is 16.8. The zero-order valence-electron chi connectivity index (χ0n) is 14.8. The predicted octanol–water partition coefficient (Wildman–Crippen LogP) is 2.59. The van der Waals surface area contributed by atoms with Crippen molar-refractivity contribution in [2.45, 2.75) is 56.7 Å². The lowest BCUT2D eigenvalue weighted by molar-refractivity contribution is -0.107. The number of aliphatic hydroxyl groups is 2. The van der Waals surface area contributed by atoms with Crippen molar-refractivity contribution in [2.75, 3.05) is 7.11 Å². The summed E-state index contributed by atoms with van der Waals surface area (Å²) in [6, 6.07) is 3.66. The number of benzene rings is 1. The zero-order valence-corrected chi connectivity index (χ0v) is 14.8. The molecule has 0 amide bonds. The van der Waals surface area contributed by atoms with Crippen molar-refractivity contribution in [3.8, 4) is 23.8 Å². The first-order valence-electron chi connectivity index (χ1n) is 9.12. The van der Waals surface area contributed by atoms with E-state index in [0.717, 1.165) is 30.4 Å². The van der Waals surface area contributed by atoms with Crippen LogP contribution in [-0.2, 0) is 6.42 Å². The summed E-state index contributed by atoms with van der Waals surface area (Å²) in [6.07, 6.45) is 8.93.